The van der Waals surface area contributed by atoms with Gasteiger partial charge < -0.3 is 9.84 Å². The van der Waals surface area contributed by atoms with E-state index in [4.69, 9.17) is 5.11 Å². The van der Waals surface area contributed by atoms with E-state index < -0.39 is 61.7 Å². The van der Waals surface area contributed by atoms with E-state index in [1.54, 1.807) is 0 Å². The molecule has 0 radical (unpaired) electrons. The molecule has 26 heavy (non-hydrogen) atoms. The minimum atomic E-state index is -7.91. The number of aliphatic hydroxyl groups is 1. The second kappa shape index (κ2) is 7.40. The van der Waals surface area contributed by atoms with Crippen LogP contribution in [-0.2, 0) is 4.74 Å². The quantitative estimate of drug-likeness (QED) is 0.343. The first-order valence-electron chi connectivity index (χ1n) is 6.13. The van der Waals surface area contributed by atoms with Gasteiger partial charge >= 0.3 is 35.8 Å². The maximum absolute atomic E-state index is 13.2. The van der Waals surface area contributed by atoms with Crippen molar-refractivity contribution in [3.63, 3.8) is 0 Å². The molecule has 0 saturated carbocycles. The summed E-state index contributed by atoms with van der Waals surface area (Å²) in [7, 11) is 0. The molecule has 0 heterocycles. The molecule has 0 saturated heterocycles. The van der Waals surface area contributed by atoms with Gasteiger partial charge in [-0.15, -0.1) is 0 Å². The molecule has 2 nitrogen and oxygen atoms in total. The summed E-state index contributed by atoms with van der Waals surface area (Å²) in [5.74, 6) is -37.1. The van der Waals surface area contributed by atoms with Gasteiger partial charge in [-0.3, -0.25) is 0 Å². The topological polar surface area (TPSA) is 29.5 Å². The molecule has 0 aliphatic rings. The highest BCUT2D eigenvalue weighted by atomic mass is 19.4. The smallest absolute Gasteiger partial charge is 0.394 e. The van der Waals surface area contributed by atoms with Crippen molar-refractivity contribution in [3.8, 4) is 0 Å². The summed E-state index contributed by atoms with van der Waals surface area (Å²) in [6.45, 7) is -2.22. The van der Waals surface area contributed by atoms with Crippen LogP contribution in [0.15, 0.2) is 12.2 Å². The van der Waals surface area contributed by atoms with Gasteiger partial charge in [-0.1, -0.05) is 6.08 Å². The maximum atomic E-state index is 13.2. The molecule has 1 N–H and O–H groups in total. The molecule has 0 aliphatic heterocycles. The summed E-state index contributed by atoms with van der Waals surface area (Å²) >= 11 is 0. The molecule has 0 rings (SSSR count). The van der Waals surface area contributed by atoms with Crippen LogP contribution in [0.1, 0.15) is 0 Å². The van der Waals surface area contributed by atoms with Crippen LogP contribution in [0.3, 0.4) is 0 Å². The third kappa shape index (κ3) is 4.02. The number of aliphatic hydroxyl groups excluding tert-OH is 1. The fourth-order valence-corrected chi connectivity index (χ4v) is 1.30. The van der Waals surface area contributed by atoms with Gasteiger partial charge in [-0.25, -0.2) is 0 Å². The summed E-state index contributed by atoms with van der Waals surface area (Å²) in [5, 5.41) is 8.23. The van der Waals surface area contributed by atoms with Crippen molar-refractivity contribution in [2.45, 2.75) is 35.8 Å². The van der Waals surface area contributed by atoms with E-state index in [0.717, 1.165) is 0 Å². The molecule has 0 aromatic rings. The molecule has 0 fully saturated rings. The van der Waals surface area contributed by atoms with Crippen molar-refractivity contribution in [2.24, 2.45) is 0 Å². The predicted octanol–water partition coefficient (Wildman–Crippen LogP) is 4.29. The molecular weight excluding hydrogens is 411 g/mol. The van der Waals surface area contributed by atoms with Crippen molar-refractivity contribution in [1.82, 2.24) is 0 Å². The number of ether oxygens (including phenoxy) is 1. The monoisotopic (exact) mass is 420 g/mol. The highest BCUT2D eigenvalue weighted by Crippen LogP contribution is 2.60. The zero-order chi connectivity index (χ0) is 21.2. The van der Waals surface area contributed by atoms with Crippen LogP contribution in [-0.4, -0.2) is 60.7 Å². The second-order valence-corrected chi connectivity index (χ2v) is 4.62. The Morgan fingerprint density at radius 3 is 1.46 bits per heavy atom. The molecule has 0 amide bonds. The Kier molecular flexibility index (Phi) is 7.05. The van der Waals surface area contributed by atoms with Crippen molar-refractivity contribution in [2.75, 3.05) is 19.8 Å². The van der Waals surface area contributed by atoms with Gasteiger partial charge in [-0.2, -0.15) is 57.1 Å². The van der Waals surface area contributed by atoms with E-state index in [1.165, 1.54) is 0 Å². The Hall–Kier alpha value is -1.25. The minimum Gasteiger partial charge on any atom is -0.394 e. The molecule has 0 bridgehead atoms. The van der Waals surface area contributed by atoms with Gasteiger partial charge in [0.25, 0.3) is 0 Å². The lowest BCUT2D eigenvalue weighted by Crippen LogP contribution is -2.69. The zero-order valence-corrected chi connectivity index (χ0v) is 12.0. The summed E-state index contributed by atoms with van der Waals surface area (Å²) in [6.07, 6.45) is -8.67. The van der Waals surface area contributed by atoms with Crippen LogP contribution < -0.4 is 0 Å². The molecule has 156 valence electrons. The van der Waals surface area contributed by atoms with E-state index in [1.807, 2.05) is 0 Å². The third-order valence-electron chi connectivity index (χ3n) is 2.73. The summed E-state index contributed by atoms with van der Waals surface area (Å²) < 4.78 is 169. The third-order valence-corrected chi connectivity index (χ3v) is 2.73. The molecule has 0 atom stereocenters. The van der Waals surface area contributed by atoms with Gasteiger partial charge in [0.15, 0.2) is 0 Å². The summed E-state index contributed by atoms with van der Waals surface area (Å²) in [4.78, 5) is 0. The number of hydrogen-bond donors (Lipinski definition) is 1. The van der Waals surface area contributed by atoms with Gasteiger partial charge in [0, 0.05) is 0 Å². The average molecular weight is 420 g/mol. The first kappa shape index (κ1) is 24.8. The van der Waals surface area contributed by atoms with E-state index in [0.29, 0.717) is 0 Å². The first-order chi connectivity index (χ1) is 11.3. The van der Waals surface area contributed by atoms with Gasteiger partial charge in [0.05, 0.1) is 19.8 Å². The second-order valence-electron chi connectivity index (χ2n) is 4.62. The van der Waals surface area contributed by atoms with Crippen LogP contribution in [0.25, 0.3) is 0 Å². The number of hydrogen-bond acceptors (Lipinski definition) is 2. The van der Waals surface area contributed by atoms with Crippen LogP contribution in [0.4, 0.5) is 57.1 Å². The molecule has 0 spiro atoms. The van der Waals surface area contributed by atoms with E-state index in [9.17, 15) is 57.1 Å². The normalized spacial score (nSPS) is 15.8. The predicted molar refractivity (Wildman–Crippen MR) is 57.8 cm³/mol. The molecule has 15 heteroatoms. The molecule has 0 aromatic carbocycles. The Labute approximate surface area is 136 Å². The Bertz CT molecular complexity index is 495. The Balaban J connectivity index is 5.85. The largest absolute Gasteiger partial charge is 0.460 e. The molecular formula is C11H9F13O2. The lowest BCUT2D eigenvalue weighted by atomic mass is 9.94. The Morgan fingerprint density at radius 2 is 1.08 bits per heavy atom. The Morgan fingerprint density at radius 1 is 0.654 bits per heavy atom. The fraction of sp³-hybridized carbons (Fsp3) is 0.818. The van der Waals surface area contributed by atoms with Crippen molar-refractivity contribution in [1.29, 1.82) is 0 Å². The van der Waals surface area contributed by atoms with E-state index in [2.05, 4.69) is 4.74 Å². The lowest BCUT2D eigenvalue weighted by Gasteiger charge is -2.39. The highest BCUT2D eigenvalue weighted by molar-refractivity contribution is 5.15. The van der Waals surface area contributed by atoms with Crippen molar-refractivity contribution < 1.29 is 66.9 Å². The average Bonchev–Trinajstić information content (AvgIpc) is 2.44. The van der Waals surface area contributed by atoms with Crippen LogP contribution in [0.2, 0.25) is 0 Å². The number of alkyl halides is 13. The standard InChI is InChI=1S/C11H9F13O2/c12-6(13,2-1-4-26-5-3-25)7(14,15)8(16,17)9(18,19)10(20,21)11(22,23)24/h1-2,25H,3-5H2/b2-1-. The number of halogens is 13. The van der Waals surface area contributed by atoms with E-state index >= 15 is 0 Å². The van der Waals surface area contributed by atoms with E-state index in [-0.39, 0.29) is 6.08 Å². The molecule has 0 unspecified atom stereocenters. The highest BCUT2D eigenvalue weighted by Gasteiger charge is 2.90. The van der Waals surface area contributed by atoms with Gasteiger partial charge in [-0.05, 0) is 6.08 Å². The first-order valence-corrected chi connectivity index (χ1v) is 6.13. The number of allylic oxidation sites excluding steroid dienone is 1. The maximum Gasteiger partial charge on any atom is 0.460 e. The molecule has 0 aliphatic carbocycles. The SMILES string of the molecule is OCCOC/C=C\C(F)(F)C(F)(F)C(F)(F)C(F)(F)C(F)(F)C(F)(F)F. The zero-order valence-electron chi connectivity index (χ0n) is 12.0. The van der Waals surface area contributed by atoms with Gasteiger partial charge in [0.1, 0.15) is 0 Å². The summed E-state index contributed by atoms with van der Waals surface area (Å²) in [5.41, 5.74) is 0. The van der Waals surface area contributed by atoms with Crippen LogP contribution in [0.5, 0.6) is 0 Å². The molecule has 0 aromatic heterocycles. The fourth-order valence-electron chi connectivity index (χ4n) is 1.30. The van der Waals surface area contributed by atoms with Gasteiger partial charge in [0.2, 0.25) is 0 Å². The lowest BCUT2D eigenvalue weighted by molar-refractivity contribution is -0.436. The van der Waals surface area contributed by atoms with Crippen LogP contribution >= 0.6 is 0 Å². The minimum absolute atomic E-state index is 0.111. The number of rotatable bonds is 9. The summed E-state index contributed by atoms with van der Waals surface area (Å²) in [6, 6.07) is 0. The van der Waals surface area contributed by atoms with Crippen LogP contribution in [0, 0.1) is 0 Å². The van der Waals surface area contributed by atoms with Crippen molar-refractivity contribution >= 4 is 0 Å². The van der Waals surface area contributed by atoms with Crippen molar-refractivity contribution in [3.05, 3.63) is 12.2 Å².